The van der Waals surface area contributed by atoms with Crippen molar-refractivity contribution in [1.29, 1.82) is 0 Å². The van der Waals surface area contributed by atoms with E-state index in [9.17, 15) is 8.42 Å². The molecule has 4 nitrogen and oxygen atoms in total. The fraction of sp³-hybridized carbons (Fsp3) is 0.211. The van der Waals surface area contributed by atoms with Crippen LogP contribution in [0.25, 0.3) is 17.0 Å². The lowest BCUT2D eigenvalue weighted by Gasteiger charge is -2.13. The van der Waals surface area contributed by atoms with Gasteiger partial charge in [0.25, 0.3) is 0 Å². The predicted octanol–water partition coefficient (Wildman–Crippen LogP) is 3.71. The van der Waals surface area contributed by atoms with E-state index in [4.69, 9.17) is 4.74 Å². The van der Waals surface area contributed by atoms with E-state index in [-0.39, 0.29) is 0 Å². The topological polar surface area (TPSA) is 48.3 Å². The van der Waals surface area contributed by atoms with Crippen LogP contribution in [0.15, 0.2) is 54.8 Å². The first-order valence-corrected chi connectivity index (χ1v) is 8.92. The molecule has 0 unspecified atom stereocenters. The highest BCUT2D eigenvalue weighted by Crippen LogP contribution is 2.28. The van der Waals surface area contributed by atoms with Gasteiger partial charge in [0.05, 0.1) is 17.2 Å². The number of aromatic nitrogens is 1. The molecule has 0 fully saturated rings. The molecule has 124 valence electrons. The van der Waals surface area contributed by atoms with Gasteiger partial charge in [-0.05, 0) is 67.5 Å². The molecule has 1 aromatic carbocycles. The molecule has 1 aliphatic rings. The summed E-state index contributed by atoms with van der Waals surface area (Å²) in [6.45, 7) is 4.66. The monoisotopic (exact) mass is 341 g/mol. The van der Waals surface area contributed by atoms with E-state index in [0.29, 0.717) is 17.9 Å². The van der Waals surface area contributed by atoms with Crippen molar-refractivity contribution in [3.8, 4) is 17.0 Å². The number of nitrogens with zero attached hydrogens (tertiary/aromatic N) is 1. The van der Waals surface area contributed by atoms with Crippen LogP contribution in [0.5, 0.6) is 5.75 Å². The Kier molecular flexibility index (Phi) is 4.71. The molecule has 5 heteroatoms. The van der Waals surface area contributed by atoms with Gasteiger partial charge >= 0.3 is 0 Å². The summed E-state index contributed by atoms with van der Waals surface area (Å²) < 4.78 is 29.7. The molecule has 1 aromatic heterocycles. The van der Waals surface area contributed by atoms with Crippen LogP contribution in [0.3, 0.4) is 0 Å². The number of benzene rings is 1. The van der Waals surface area contributed by atoms with Crippen LogP contribution in [0, 0.1) is 6.92 Å². The summed E-state index contributed by atoms with van der Waals surface area (Å²) in [4.78, 5) is 0.408. The Hall–Kier alpha value is -2.53. The molecule has 1 aliphatic carbocycles. The highest BCUT2D eigenvalue weighted by atomic mass is 32.2. The van der Waals surface area contributed by atoms with Crippen LogP contribution in [-0.4, -0.2) is 24.5 Å². The van der Waals surface area contributed by atoms with Gasteiger partial charge < -0.3 is 9.30 Å². The van der Waals surface area contributed by atoms with E-state index in [1.54, 1.807) is 6.08 Å². The van der Waals surface area contributed by atoms with Gasteiger partial charge in [0.15, 0.2) is 0 Å². The SMILES string of the molecule is CCOc1ccc(-c2cc(C)cn2C2=CCC(=S(=O)=O)C=C2)cc1. The summed E-state index contributed by atoms with van der Waals surface area (Å²) >= 11 is 0. The minimum Gasteiger partial charge on any atom is -0.494 e. The van der Waals surface area contributed by atoms with Gasteiger partial charge in [-0.2, -0.15) is 8.42 Å². The van der Waals surface area contributed by atoms with Crippen LogP contribution >= 0.6 is 0 Å². The maximum absolute atomic E-state index is 11.0. The summed E-state index contributed by atoms with van der Waals surface area (Å²) in [6.07, 6.45) is 7.91. The molecule has 0 saturated heterocycles. The summed E-state index contributed by atoms with van der Waals surface area (Å²) in [5, 5.41) is 0. The fourth-order valence-corrected chi connectivity index (χ4v) is 3.14. The van der Waals surface area contributed by atoms with Gasteiger partial charge in [0.2, 0.25) is 10.3 Å². The van der Waals surface area contributed by atoms with Crippen LogP contribution in [0.1, 0.15) is 18.9 Å². The van der Waals surface area contributed by atoms with Crippen molar-refractivity contribution in [2.45, 2.75) is 20.3 Å². The van der Waals surface area contributed by atoms with Crippen molar-refractivity contribution in [3.63, 3.8) is 0 Å². The molecule has 0 spiro atoms. The first-order valence-electron chi connectivity index (χ1n) is 7.84. The fourth-order valence-electron chi connectivity index (χ4n) is 2.74. The third-order valence-electron chi connectivity index (χ3n) is 3.86. The van der Waals surface area contributed by atoms with Gasteiger partial charge in [-0.3, -0.25) is 0 Å². The molecule has 0 bridgehead atoms. The van der Waals surface area contributed by atoms with Crippen LogP contribution in [0.4, 0.5) is 0 Å². The molecule has 0 aliphatic heterocycles. The Morgan fingerprint density at radius 1 is 1.17 bits per heavy atom. The number of hydrogen-bond donors (Lipinski definition) is 0. The zero-order valence-electron chi connectivity index (χ0n) is 13.7. The second kappa shape index (κ2) is 6.93. The average Bonchev–Trinajstić information content (AvgIpc) is 2.98. The third kappa shape index (κ3) is 3.36. The van der Waals surface area contributed by atoms with Crippen molar-refractivity contribution < 1.29 is 13.2 Å². The summed E-state index contributed by atoms with van der Waals surface area (Å²) in [6, 6.07) is 10.1. The molecule has 0 radical (unpaired) electrons. The molecule has 1 heterocycles. The van der Waals surface area contributed by atoms with Crippen molar-refractivity contribution in [2.75, 3.05) is 6.61 Å². The van der Waals surface area contributed by atoms with E-state index in [1.807, 2.05) is 50.3 Å². The Labute approximate surface area is 143 Å². The summed E-state index contributed by atoms with van der Waals surface area (Å²) in [7, 11) is -2.15. The highest BCUT2D eigenvalue weighted by molar-refractivity contribution is 7.73. The lowest BCUT2D eigenvalue weighted by Crippen LogP contribution is -2.03. The van der Waals surface area contributed by atoms with Gasteiger partial charge in [-0.15, -0.1) is 0 Å². The maximum atomic E-state index is 11.0. The first kappa shape index (κ1) is 16.3. The van der Waals surface area contributed by atoms with Crippen LogP contribution < -0.4 is 4.74 Å². The zero-order chi connectivity index (χ0) is 17.1. The Bertz CT molecular complexity index is 937. The average molecular weight is 341 g/mol. The Balaban J connectivity index is 1.97. The van der Waals surface area contributed by atoms with E-state index in [2.05, 4.69) is 16.8 Å². The molecule has 2 aromatic rings. The Morgan fingerprint density at radius 3 is 2.50 bits per heavy atom. The molecule has 0 saturated carbocycles. The van der Waals surface area contributed by atoms with E-state index < -0.39 is 10.3 Å². The first-order chi connectivity index (χ1) is 11.6. The van der Waals surface area contributed by atoms with E-state index in [0.717, 1.165) is 28.3 Å². The predicted molar refractivity (Wildman–Crippen MR) is 97.7 cm³/mol. The molecular formula is C19H19NO3S. The van der Waals surface area contributed by atoms with Crippen molar-refractivity contribution >= 4 is 20.9 Å². The van der Waals surface area contributed by atoms with Crippen molar-refractivity contribution in [1.82, 2.24) is 4.57 Å². The standard InChI is InChI=1S/C19H19NO3S/c1-3-23-17-8-4-15(5-9-17)19-12-14(2)13-20(19)16-6-10-18(11-7-16)24(21)22/h4-10,12-13H,3,11H2,1-2H3. The van der Waals surface area contributed by atoms with E-state index in [1.165, 1.54) is 0 Å². The molecule has 24 heavy (non-hydrogen) atoms. The molecular weight excluding hydrogens is 322 g/mol. The number of hydrogen-bond acceptors (Lipinski definition) is 3. The lowest BCUT2D eigenvalue weighted by atomic mass is 10.1. The number of ether oxygens (including phenoxy) is 1. The number of aryl methyl sites for hydroxylation is 1. The second-order valence-corrected chi connectivity index (χ2v) is 6.59. The third-order valence-corrected chi connectivity index (χ3v) is 4.59. The number of rotatable bonds is 4. The van der Waals surface area contributed by atoms with Gasteiger partial charge in [-0.25, -0.2) is 0 Å². The maximum Gasteiger partial charge on any atom is 0.217 e. The summed E-state index contributed by atoms with van der Waals surface area (Å²) in [5.41, 5.74) is 4.28. The minimum absolute atomic E-state index is 0.408. The smallest absolute Gasteiger partial charge is 0.217 e. The number of allylic oxidation sites excluding steroid dienone is 4. The van der Waals surface area contributed by atoms with Gasteiger partial charge in [0, 0.05) is 18.3 Å². The largest absolute Gasteiger partial charge is 0.494 e. The molecule has 0 amide bonds. The van der Waals surface area contributed by atoms with Gasteiger partial charge in [-0.1, -0.05) is 6.08 Å². The molecule has 3 rings (SSSR count). The zero-order valence-corrected chi connectivity index (χ0v) is 14.5. The van der Waals surface area contributed by atoms with Crippen LogP contribution in [0.2, 0.25) is 0 Å². The van der Waals surface area contributed by atoms with Crippen LogP contribution in [-0.2, 0) is 10.3 Å². The Morgan fingerprint density at radius 2 is 1.92 bits per heavy atom. The van der Waals surface area contributed by atoms with Gasteiger partial charge in [0.1, 0.15) is 5.75 Å². The highest BCUT2D eigenvalue weighted by Gasteiger charge is 2.12. The van der Waals surface area contributed by atoms with Crippen molar-refractivity contribution in [2.24, 2.45) is 0 Å². The lowest BCUT2D eigenvalue weighted by molar-refractivity contribution is 0.340. The quantitative estimate of drug-likeness (QED) is 0.797. The van der Waals surface area contributed by atoms with E-state index >= 15 is 0 Å². The minimum atomic E-state index is -2.15. The molecule has 0 atom stereocenters. The van der Waals surface area contributed by atoms with Crippen molar-refractivity contribution in [3.05, 3.63) is 60.3 Å². The normalized spacial score (nSPS) is 13.8. The second-order valence-electron chi connectivity index (χ2n) is 5.60. The summed E-state index contributed by atoms with van der Waals surface area (Å²) in [5.74, 6) is 0.852. The molecule has 0 N–H and O–H groups in total.